The van der Waals surface area contributed by atoms with E-state index in [9.17, 15) is 0 Å². The minimum Gasteiger partial charge on any atom is -0.493 e. The summed E-state index contributed by atoms with van der Waals surface area (Å²) >= 11 is 0. The summed E-state index contributed by atoms with van der Waals surface area (Å²) in [5, 5.41) is 3.10. The van der Waals surface area contributed by atoms with Crippen molar-refractivity contribution in [2.45, 2.75) is 12.3 Å². The molecule has 0 aromatic heterocycles. The molecule has 1 atom stereocenters. The third-order valence-corrected chi connectivity index (χ3v) is 3.56. The van der Waals surface area contributed by atoms with Crippen LogP contribution in [0.5, 0.6) is 5.75 Å². The minimum atomic E-state index is 0.560. The van der Waals surface area contributed by atoms with Crippen LogP contribution in [0.2, 0.25) is 0 Å². The van der Waals surface area contributed by atoms with Crippen LogP contribution in [0.15, 0.2) is 48.5 Å². The number of fused-ring (bicyclic) bond motifs is 1. The Hall–Kier alpha value is -1.96. The van der Waals surface area contributed by atoms with Crippen molar-refractivity contribution in [2.24, 2.45) is 0 Å². The molecule has 2 aromatic carbocycles. The standard InChI is InChI=1S/C16H17NO/c1-17-14-6-8-15(9-7-14)18-11-13-10-12-4-2-3-5-16(12)13/h2-9,13,17H,10-11H2,1H3. The lowest BCUT2D eigenvalue weighted by atomic mass is 9.78. The van der Waals surface area contributed by atoms with E-state index in [0.717, 1.165) is 24.5 Å². The van der Waals surface area contributed by atoms with Crippen molar-refractivity contribution in [2.75, 3.05) is 19.0 Å². The Bertz CT molecular complexity index is 533. The Morgan fingerprint density at radius 1 is 1.11 bits per heavy atom. The van der Waals surface area contributed by atoms with E-state index in [1.165, 1.54) is 11.1 Å². The molecule has 0 amide bonds. The van der Waals surface area contributed by atoms with Crippen LogP contribution < -0.4 is 10.1 Å². The van der Waals surface area contributed by atoms with Gasteiger partial charge in [0, 0.05) is 18.7 Å². The number of anilines is 1. The van der Waals surface area contributed by atoms with Crippen LogP contribution in [0.1, 0.15) is 17.0 Å². The normalized spacial score (nSPS) is 16.6. The lowest BCUT2D eigenvalue weighted by Gasteiger charge is -2.29. The molecule has 0 heterocycles. The zero-order chi connectivity index (χ0) is 12.4. The van der Waals surface area contributed by atoms with Gasteiger partial charge < -0.3 is 10.1 Å². The van der Waals surface area contributed by atoms with Crippen molar-refractivity contribution in [3.05, 3.63) is 59.7 Å². The molecule has 3 rings (SSSR count). The van der Waals surface area contributed by atoms with Crippen molar-refractivity contribution in [3.8, 4) is 5.75 Å². The maximum atomic E-state index is 5.84. The molecule has 2 heteroatoms. The highest BCUT2D eigenvalue weighted by molar-refractivity contribution is 5.46. The van der Waals surface area contributed by atoms with Crippen LogP contribution in [0.25, 0.3) is 0 Å². The van der Waals surface area contributed by atoms with Gasteiger partial charge in [0.1, 0.15) is 5.75 Å². The highest BCUT2D eigenvalue weighted by atomic mass is 16.5. The number of hydrogen-bond acceptors (Lipinski definition) is 2. The molecule has 1 unspecified atom stereocenters. The van der Waals surface area contributed by atoms with Crippen molar-refractivity contribution >= 4 is 5.69 Å². The summed E-state index contributed by atoms with van der Waals surface area (Å²) in [6.45, 7) is 0.774. The molecule has 92 valence electrons. The molecule has 1 aliphatic rings. The van der Waals surface area contributed by atoms with Crippen LogP contribution >= 0.6 is 0 Å². The molecule has 1 aliphatic carbocycles. The van der Waals surface area contributed by atoms with E-state index in [2.05, 4.69) is 29.6 Å². The van der Waals surface area contributed by atoms with Gasteiger partial charge in [-0.2, -0.15) is 0 Å². The van der Waals surface area contributed by atoms with Crippen LogP contribution in [0.4, 0.5) is 5.69 Å². The molecule has 0 bridgehead atoms. The van der Waals surface area contributed by atoms with Crippen LogP contribution in [0, 0.1) is 0 Å². The van der Waals surface area contributed by atoms with Gasteiger partial charge in [0.25, 0.3) is 0 Å². The van der Waals surface area contributed by atoms with E-state index in [1.54, 1.807) is 0 Å². The Balaban J connectivity index is 1.59. The van der Waals surface area contributed by atoms with Gasteiger partial charge in [-0.05, 0) is 41.8 Å². The predicted molar refractivity (Wildman–Crippen MR) is 74.4 cm³/mol. The van der Waals surface area contributed by atoms with Crippen molar-refractivity contribution in [1.29, 1.82) is 0 Å². The van der Waals surface area contributed by atoms with Gasteiger partial charge in [-0.3, -0.25) is 0 Å². The van der Waals surface area contributed by atoms with Gasteiger partial charge in [0.15, 0.2) is 0 Å². The molecule has 0 fully saturated rings. The fourth-order valence-corrected chi connectivity index (χ4v) is 2.43. The Labute approximate surface area is 108 Å². The van der Waals surface area contributed by atoms with E-state index in [1.807, 2.05) is 31.3 Å². The average molecular weight is 239 g/mol. The topological polar surface area (TPSA) is 21.3 Å². The summed E-state index contributed by atoms with van der Waals surface area (Å²) < 4.78 is 5.84. The summed E-state index contributed by atoms with van der Waals surface area (Å²) in [7, 11) is 1.92. The molecule has 2 aromatic rings. The molecule has 2 nitrogen and oxygen atoms in total. The summed E-state index contributed by atoms with van der Waals surface area (Å²) in [5.74, 6) is 1.50. The quantitative estimate of drug-likeness (QED) is 0.882. The van der Waals surface area contributed by atoms with Gasteiger partial charge in [-0.1, -0.05) is 24.3 Å². The molecule has 0 saturated carbocycles. The zero-order valence-electron chi connectivity index (χ0n) is 10.5. The summed E-state index contributed by atoms with van der Waals surface area (Å²) in [6, 6.07) is 16.7. The van der Waals surface area contributed by atoms with Gasteiger partial charge in [0.05, 0.1) is 6.61 Å². The predicted octanol–water partition coefficient (Wildman–Crippen LogP) is 3.45. The maximum absolute atomic E-state index is 5.84. The number of nitrogens with one attached hydrogen (secondary N) is 1. The second-order valence-electron chi connectivity index (χ2n) is 4.69. The molecular weight excluding hydrogens is 222 g/mol. The first-order valence-electron chi connectivity index (χ1n) is 6.35. The number of ether oxygens (including phenoxy) is 1. The first-order valence-corrected chi connectivity index (χ1v) is 6.35. The van der Waals surface area contributed by atoms with Crippen molar-refractivity contribution in [1.82, 2.24) is 0 Å². The summed E-state index contributed by atoms with van der Waals surface area (Å²) in [5.41, 5.74) is 4.03. The first-order chi connectivity index (χ1) is 8.86. The fourth-order valence-electron chi connectivity index (χ4n) is 2.43. The number of rotatable bonds is 4. The smallest absolute Gasteiger partial charge is 0.119 e. The second-order valence-corrected chi connectivity index (χ2v) is 4.69. The third kappa shape index (κ3) is 2.06. The largest absolute Gasteiger partial charge is 0.493 e. The van der Waals surface area contributed by atoms with E-state index in [-0.39, 0.29) is 0 Å². The molecule has 18 heavy (non-hydrogen) atoms. The average Bonchev–Trinajstić information content (AvgIpc) is 2.40. The second kappa shape index (κ2) is 4.73. The fraction of sp³-hybridized carbons (Fsp3) is 0.250. The highest BCUT2D eigenvalue weighted by Gasteiger charge is 2.25. The summed E-state index contributed by atoms with van der Waals surface area (Å²) in [4.78, 5) is 0. The molecule has 0 radical (unpaired) electrons. The Morgan fingerprint density at radius 3 is 2.61 bits per heavy atom. The minimum absolute atomic E-state index is 0.560. The number of hydrogen-bond donors (Lipinski definition) is 1. The van der Waals surface area contributed by atoms with E-state index in [0.29, 0.717) is 5.92 Å². The highest BCUT2D eigenvalue weighted by Crippen LogP contribution is 2.35. The van der Waals surface area contributed by atoms with E-state index in [4.69, 9.17) is 4.74 Å². The van der Waals surface area contributed by atoms with Crippen LogP contribution in [-0.2, 0) is 6.42 Å². The molecular formula is C16H17NO. The molecule has 0 spiro atoms. The van der Waals surface area contributed by atoms with Crippen LogP contribution in [-0.4, -0.2) is 13.7 Å². The Morgan fingerprint density at radius 2 is 1.89 bits per heavy atom. The first kappa shape index (κ1) is 11.1. The van der Waals surface area contributed by atoms with E-state index >= 15 is 0 Å². The summed E-state index contributed by atoms with van der Waals surface area (Å²) in [6.07, 6.45) is 1.14. The molecule has 0 aliphatic heterocycles. The van der Waals surface area contributed by atoms with Gasteiger partial charge in [0.2, 0.25) is 0 Å². The maximum Gasteiger partial charge on any atom is 0.119 e. The van der Waals surface area contributed by atoms with Gasteiger partial charge >= 0.3 is 0 Å². The monoisotopic (exact) mass is 239 g/mol. The third-order valence-electron chi connectivity index (χ3n) is 3.56. The van der Waals surface area contributed by atoms with Crippen molar-refractivity contribution in [3.63, 3.8) is 0 Å². The van der Waals surface area contributed by atoms with Gasteiger partial charge in [-0.15, -0.1) is 0 Å². The SMILES string of the molecule is CNc1ccc(OCC2Cc3ccccc32)cc1. The Kier molecular flexibility index (Phi) is 2.93. The lowest BCUT2D eigenvalue weighted by Crippen LogP contribution is -2.23. The van der Waals surface area contributed by atoms with Gasteiger partial charge in [-0.25, -0.2) is 0 Å². The number of benzene rings is 2. The van der Waals surface area contributed by atoms with E-state index < -0.39 is 0 Å². The van der Waals surface area contributed by atoms with Crippen molar-refractivity contribution < 1.29 is 4.74 Å². The molecule has 1 N–H and O–H groups in total. The lowest BCUT2D eigenvalue weighted by molar-refractivity contribution is 0.275. The molecule has 0 saturated heterocycles. The van der Waals surface area contributed by atoms with Crippen LogP contribution in [0.3, 0.4) is 0 Å². The zero-order valence-corrected chi connectivity index (χ0v) is 10.5.